The third-order valence-corrected chi connectivity index (χ3v) is 3.48. The number of rotatable bonds is 7. The van der Waals surface area contributed by atoms with Crippen molar-refractivity contribution in [1.29, 1.82) is 0 Å². The zero-order valence-electron chi connectivity index (χ0n) is 13.1. The van der Waals surface area contributed by atoms with E-state index < -0.39 is 0 Å². The van der Waals surface area contributed by atoms with E-state index in [4.69, 9.17) is 0 Å². The second-order valence-electron chi connectivity index (χ2n) is 5.05. The van der Waals surface area contributed by atoms with Crippen molar-refractivity contribution in [3.8, 4) is 0 Å². The molecule has 0 aliphatic rings. The summed E-state index contributed by atoms with van der Waals surface area (Å²) in [5.74, 6) is 0. The number of hydrogen-bond acceptors (Lipinski definition) is 4. The third-order valence-electron chi connectivity index (χ3n) is 3.48. The summed E-state index contributed by atoms with van der Waals surface area (Å²) in [4.78, 5) is 27.5. The number of nitrogens with zero attached hydrogens (tertiary/aromatic N) is 2. The topological polar surface area (TPSA) is 58.9 Å². The number of carbonyl (C=O) groups excluding carboxylic acids is 2. The molecule has 118 valence electrons. The Kier molecular flexibility index (Phi) is 6.36. The minimum Gasteiger partial charge on any atom is -0.211 e. The van der Waals surface area contributed by atoms with E-state index >= 15 is 0 Å². The Morgan fingerprint density at radius 3 is 2.17 bits per heavy atom. The van der Waals surface area contributed by atoms with Gasteiger partial charge in [0.05, 0.1) is 13.1 Å². The van der Waals surface area contributed by atoms with Gasteiger partial charge in [0.25, 0.3) is 0 Å². The van der Waals surface area contributed by atoms with Gasteiger partial charge in [-0.15, -0.1) is 0 Å². The van der Waals surface area contributed by atoms with Crippen LogP contribution in [0.25, 0.3) is 18.2 Å². The van der Waals surface area contributed by atoms with Crippen molar-refractivity contribution >= 4 is 30.4 Å². The highest BCUT2D eigenvalue weighted by atomic mass is 16.1. The van der Waals surface area contributed by atoms with Gasteiger partial charge in [-0.1, -0.05) is 61.2 Å². The van der Waals surface area contributed by atoms with Crippen LogP contribution in [-0.2, 0) is 22.7 Å². The molecule has 0 N–H and O–H groups in total. The van der Waals surface area contributed by atoms with Gasteiger partial charge < -0.3 is 0 Å². The van der Waals surface area contributed by atoms with Crippen LogP contribution in [0.5, 0.6) is 0 Å². The molecule has 4 heteroatoms. The lowest BCUT2D eigenvalue weighted by Crippen LogP contribution is -1.88. The molecule has 2 rings (SSSR count). The van der Waals surface area contributed by atoms with Crippen LogP contribution in [0.15, 0.2) is 59.0 Å². The second kappa shape index (κ2) is 8.96. The van der Waals surface area contributed by atoms with Crippen molar-refractivity contribution in [3.63, 3.8) is 0 Å². The Labute approximate surface area is 140 Å². The zero-order chi connectivity index (χ0) is 17.2. The van der Waals surface area contributed by atoms with Gasteiger partial charge in [0.15, 0.2) is 0 Å². The van der Waals surface area contributed by atoms with Gasteiger partial charge in [-0.3, -0.25) is 0 Å². The van der Waals surface area contributed by atoms with Crippen molar-refractivity contribution in [1.82, 2.24) is 0 Å². The van der Waals surface area contributed by atoms with Gasteiger partial charge >= 0.3 is 0 Å². The molecule has 0 bridgehead atoms. The normalized spacial score (nSPS) is 10.0. The monoisotopic (exact) mass is 316 g/mol. The van der Waals surface area contributed by atoms with Gasteiger partial charge in [0.2, 0.25) is 12.2 Å². The number of hydrogen-bond donors (Lipinski definition) is 0. The van der Waals surface area contributed by atoms with Crippen LogP contribution < -0.4 is 0 Å². The van der Waals surface area contributed by atoms with Gasteiger partial charge in [-0.05, 0) is 33.9 Å². The van der Waals surface area contributed by atoms with Crippen LogP contribution in [0.2, 0.25) is 0 Å². The highest BCUT2D eigenvalue weighted by Crippen LogP contribution is 2.17. The molecule has 4 nitrogen and oxygen atoms in total. The maximum Gasteiger partial charge on any atom is 0.235 e. The van der Waals surface area contributed by atoms with Crippen LogP contribution in [0.4, 0.5) is 0 Å². The predicted octanol–water partition coefficient (Wildman–Crippen LogP) is 4.17. The molecule has 0 unspecified atom stereocenters. The first kappa shape index (κ1) is 17.0. The Bertz CT molecular complexity index is 838. The molecule has 0 fully saturated rings. The first-order chi connectivity index (χ1) is 11.8. The maximum atomic E-state index is 10.2. The summed E-state index contributed by atoms with van der Waals surface area (Å²) in [7, 11) is 0. The number of benzene rings is 2. The molecule has 0 heterocycles. The number of isocyanates is 2. The van der Waals surface area contributed by atoms with Gasteiger partial charge in [0.1, 0.15) is 0 Å². The molecule has 0 amide bonds. The first-order valence-electron chi connectivity index (χ1n) is 7.36. The third kappa shape index (κ3) is 4.85. The van der Waals surface area contributed by atoms with Crippen LogP contribution in [0.3, 0.4) is 0 Å². The SMILES string of the molecule is C=Cc1cc(/C=C/c2ccc(CN=C=O)cc2)ccc1CN=C=O. The standard InChI is InChI=1S/C20H16N2O2/c1-2-19-11-17(9-10-20(19)13-22-15-24)6-3-16-4-7-18(8-5-16)12-21-14-23/h2-11H,1,12-13H2/b6-3+. The van der Waals surface area contributed by atoms with Crippen molar-refractivity contribution in [3.05, 3.63) is 76.9 Å². The molecular weight excluding hydrogens is 300 g/mol. The van der Waals surface area contributed by atoms with Crippen molar-refractivity contribution in [2.24, 2.45) is 9.98 Å². The lowest BCUT2D eigenvalue weighted by molar-refractivity contribution is 0.562. The Morgan fingerprint density at radius 1 is 0.875 bits per heavy atom. The summed E-state index contributed by atoms with van der Waals surface area (Å²) >= 11 is 0. The predicted molar refractivity (Wildman–Crippen MR) is 95.6 cm³/mol. The molecule has 0 radical (unpaired) electrons. The largest absolute Gasteiger partial charge is 0.235 e. The van der Waals surface area contributed by atoms with Crippen LogP contribution in [0, 0.1) is 0 Å². The van der Waals surface area contributed by atoms with Gasteiger partial charge in [-0.2, -0.15) is 0 Å². The highest BCUT2D eigenvalue weighted by Gasteiger charge is 1.99. The fraction of sp³-hybridized carbons (Fsp3) is 0.100. The van der Waals surface area contributed by atoms with E-state index in [2.05, 4.69) is 16.6 Å². The molecule has 0 aromatic heterocycles. The van der Waals surface area contributed by atoms with Gasteiger partial charge in [-0.25, -0.2) is 19.6 Å². The van der Waals surface area contributed by atoms with Gasteiger partial charge in [0, 0.05) is 0 Å². The molecule has 0 aliphatic heterocycles. The van der Waals surface area contributed by atoms with Crippen LogP contribution in [0.1, 0.15) is 27.8 Å². The Balaban J connectivity index is 2.14. The van der Waals surface area contributed by atoms with Crippen molar-refractivity contribution in [2.45, 2.75) is 13.1 Å². The fourth-order valence-electron chi connectivity index (χ4n) is 2.22. The van der Waals surface area contributed by atoms with E-state index in [1.165, 1.54) is 6.08 Å². The zero-order valence-corrected chi connectivity index (χ0v) is 13.1. The minimum absolute atomic E-state index is 0.305. The average molecular weight is 316 g/mol. The van der Waals surface area contributed by atoms with Crippen LogP contribution >= 0.6 is 0 Å². The highest BCUT2D eigenvalue weighted by molar-refractivity contribution is 5.71. The van der Waals surface area contributed by atoms with E-state index in [9.17, 15) is 9.59 Å². The average Bonchev–Trinajstić information content (AvgIpc) is 2.64. The molecule has 2 aromatic rings. The van der Waals surface area contributed by atoms with E-state index in [0.717, 1.165) is 27.8 Å². The second-order valence-corrected chi connectivity index (χ2v) is 5.05. The lowest BCUT2D eigenvalue weighted by Gasteiger charge is -2.04. The Hall–Kier alpha value is -3.32. The molecule has 2 aromatic carbocycles. The van der Waals surface area contributed by atoms with E-state index in [1.807, 2.05) is 54.6 Å². The summed E-state index contributed by atoms with van der Waals surface area (Å²) in [5, 5.41) is 0. The first-order valence-corrected chi connectivity index (χ1v) is 7.36. The summed E-state index contributed by atoms with van der Waals surface area (Å²) in [5.41, 5.74) is 4.91. The van der Waals surface area contributed by atoms with Crippen molar-refractivity contribution in [2.75, 3.05) is 0 Å². The summed E-state index contributed by atoms with van der Waals surface area (Å²) in [6.07, 6.45) is 8.82. The fourth-order valence-corrected chi connectivity index (χ4v) is 2.22. The summed E-state index contributed by atoms with van der Waals surface area (Å²) in [6.45, 7) is 4.45. The van der Waals surface area contributed by atoms with Crippen molar-refractivity contribution < 1.29 is 9.59 Å². The quantitative estimate of drug-likeness (QED) is 0.437. The molecule has 0 atom stereocenters. The summed E-state index contributed by atoms with van der Waals surface area (Å²) in [6, 6.07) is 13.7. The van der Waals surface area contributed by atoms with Crippen LogP contribution in [-0.4, -0.2) is 12.2 Å². The maximum absolute atomic E-state index is 10.2. The Morgan fingerprint density at radius 2 is 1.50 bits per heavy atom. The molecule has 0 aliphatic carbocycles. The van der Waals surface area contributed by atoms with E-state index in [0.29, 0.717) is 13.1 Å². The lowest BCUT2D eigenvalue weighted by atomic mass is 10.0. The molecule has 0 saturated carbocycles. The molecule has 0 spiro atoms. The summed E-state index contributed by atoms with van der Waals surface area (Å²) < 4.78 is 0. The van der Waals surface area contributed by atoms with E-state index in [-0.39, 0.29) is 0 Å². The molecular formula is C20H16N2O2. The number of aliphatic imine (C=N–C) groups is 2. The smallest absolute Gasteiger partial charge is 0.211 e. The molecule has 24 heavy (non-hydrogen) atoms. The van der Waals surface area contributed by atoms with E-state index in [1.54, 1.807) is 12.2 Å². The molecule has 0 saturated heterocycles. The minimum atomic E-state index is 0.305.